The van der Waals surface area contributed by atoms with Crippen LogP contribution in [0.25, 0.3) is 0 Å². The third kappa shape index (κ3) is 5.28. The fraction of sp³-hybridized carbons (Fsp3) is 0.579. The molecule has 0 spiro atoms. The Morgan fingerprint density at radius 3 is 2.05 bits per heavy atom. The lowest BCUT2D eigenvalue weighted by molar-refractivity contribution is -0.130. The number of hydrogen-bond acceptors (Lipinski definition) is 2. The second-order valence-electron chi connectivity index (χ2n) is 7.38. The Labute approximate surface area is 134 Å². The van der Waals surface area contributed by atoms with Gasteiger partial charge in [-0.05, 0) is 17.9 Å². The van der Waals surface area contributed by atoms with Crippen molar-refractivity contribution in [1.82, 2.24) is 5.32 Å². The second kappa shape index (κ2) is 7.57. The molecule has 1 N–H and O–H groups in total. The van der Waals surface area contributed by atoms with Crippen LogP contribution in [0.4, 0.5) is 0 Å². The molecular formula is C19H29NO2. The average molecular weight is 303 g/mol. The van der Waals surface area contributed by atoms with Crippen LogP contribution < -0.4 is 5.32 Å². The lowest BCUT2D eigenvalue weighted by Crippen LogP contribution is -2.37. The summed E-state index contributed by atoms with van der Waals surface area (Å²) < 4.78 is 0. The van der Waals surface area contributed by atoms with Crippen molar-refractivity contribution in [3.63, 3.8) is 0 Å². The van der Waals surface area contributed by atoms with Gasteiger partial charge in [0.15, 0.2) is 5.78 Å². The zero-order valence-corrected chi connectivity index (χ0v) is 14.7. The molecule has 0 bridgehead atoms. The lowest BCUT2D eigenvalue weighted by atomic mass is 9.83. The van der Waals surface area contributed by atoms with E-state index in [9.17, 15) is 9.59 Å². The quantitative estimate of drug-likeness (QED) is 0.767. The molecule has 0 saturated heterocycles. The van der Waals surface area contributed by atoms with Gasteiger partial charge in [-0.15, -0.1) is 0 Å². The van der Waals surface area contributed by atoms with Crippen LogP contribution in [-0.4, -0.2) is 11.7 Å². The van der Waals surface area contributed by atoms with Gasteiger partial charge in [-0.1, -0.05) is 65.8 Å². The van der Waals surface area contributed by atoms with Crippen LogP contribution in [0.3, 0.4) is 0 Å². The normalized spacial score (nSPS) is 11.8. The van der Waals surface area contributed by atoms with Crippen LogP contribution in [0.1, 0.15) is 63.9 Å². The average Bonchev–Trinajstić information content (AvgIpc) is 2.43. The predicted molar refractivity (Wildman–Crippen MR) is 90.7 cm³/mol. The van der Waals surface area contributed by atoms with Crippen molar-refractivity contribution in [2.75, 3.05) is 0 Å². The lowest BCUT2D eigenvalue weighted by Gasteiger charge is -2.25. The van der Waals surface area contributed by atoms with Gasteiger partial charge in [0.05, 0.1) is 0 Å². The standard InChI is InChI=1S/C19H29NO2/c1-13(2)11-19(5,6)18(22)20-12-15-7-9-16(10-8-15)17(21)14(3)4/h7-10,13-14H,11-12H2,1-6H3,(H,20,22). The summed E-state index contributed by atoms with van der Waals surface area (Å²) in [6.45, 7) is 12.5. The number of ketones is 1. The first-order valence-corrected chi connectivity index (χ1v) is 8.05. The van der Waals surface area contributed by atoms with Gasteiger partial charge >= 0.3 is 0 Å². The maximum atomic E-state index is 12.3. The third-order valence-electron chi connectivity index (χ3n) is 3.75. The highest BCUT2D eigenvalue weighted by Gasteiger charge is 2.28. The van der Waals surface area contributed by atoms with Crippen LogP contribution in [0.5, 0.6) is 0 Å². The Balaban J connectivity index is 2.62. The van der Waals surface area contributed by atoms with E-state index in [0.717, 1.165) is 17.5 Å². The minimum atomic E-state index is -0.359. The van der Waals surface area contributed by atoms with Crippen LogP contribution in [-0.2, 0) is 11.3 Å². The van der Waals surface area contributed by atoms with Gasteiger partial charge in [-0.2, -0.15) is 0 Å². The smallest absolute Gasteiger partial charge is 0.225 e. The van der Waals surface area contributed by atoms with Gasteiger partial charge in [-0.25, -0.2) is 0 Å². The molecular weight excluding hydrogens is 274 g/mol. The number of carbonyl (C=O) groups is 2. The highest BCUT2D eigenvalue weighted by atomic mass is 16.2. The Morgan fingerprint density at radius 2 is 1.59 bits per heavy atom. The van der Waals surface area contributed by atoms with Crippen molar-refractivity contribution in [2.45, 2.75) is 54.5 Å². The minimum Gasteiger partial charge on any atom is -0.352 e. The van der Waals surface area contributed by atoms with Crippen LogP contribution >= 0.6 is 0 Å². The van der Waals surface area contributed by atoms with E-state index in [4.69, 9.17) is 0 Å². The molecule has 122 valence electrons. The number of amides is 1. The molecule has 0 atom stereocenters. The Hall–Kier alpha value is -1.64. The van der Waals surface area contributed by atoms with E-state index in [-0.39, 0.29) is 23.0 Å². The summed E-state index contributed by atoms with van der Waals surface area (Å²) in [6, 6.07) is 7.49. The predicted octanol–water partition coefficient (Wildman–Crippen LogP) is 4.21. The van der Waals surface area contributed by atoms with Crippen molar-refractivity contribution in [3.8, 4) is 0 Å². The third-order valence-corrected chi connectivity index (χ3v) is 3.75. The Bertz CT molecular complexity index is 513. The van der Waals surface area contributed by atoms with Gasteiger partial charge in [0, 0.05) is 23.4 Å². The summed E-state index contributed by atoms with van der Waals surface area (Å²) in [5.74, 6) is 0.710. The molecule has 1 aromatic carbocycles. The molecule has 0 unspecified atom stereocenters. The van der Waals surface area contributed by atoms with Gasteiger partial charge in [0.25, 0.3) is 0 Å². The summed E-state index contributed by atoms with van der Waals surface area (Å²) in [4.78, 5) is 24.2. The molecule has 0 aromatic heterocycles. The van der Waals surface area contributed by atoms with Gasteiger partial charge in [0.2, 0.25) is 5.91 Å². The highest BCUT2D eigenvalue weighted by molar-refractivity contribution is 5.97. The zero-order valence-electron chi connectivity index (χ0n) is 14.7. The van der Waals surface area contributed by atoms with E-state index in [1.165, 1.54) is 0 Å². The Kier molecular flexibility index (Phi) is 6.34. The van der Waals surface area contributed by atoms with E-state index in [1.807, 2.05) is 52.0 Å². The number of benzene rings is 1. The minimum absolute atomic E-state index is 0.00221. The number of carbonyl (C=O) groups excluding carboxylic acids is 2. The second-order valence-corrected chi connectivity index (χ2v) is 7.38. The summed E-state index contributed by atoms with van der Waals surface area (Å²) in [6.07, 6.45) is 0.862. The first-order chi connectivity index (χ1) is 10.1. The number of hydrogen-bond donors (Lipinski definition) is 1. The van der Waals surface area contributed by atoms with E-state index < -0.39 is 0 Å². The molecule has 1 amide bonds. The molecule has 0 saturated carbocycles. The zero-order chi connectivity index (χ0) is 16.9. The van der Waals surface area contributed by atoms with E-state index in [0.29, 0.717) is 12.5 Å². The topological polar surface area (TPSA) is 46.2 Å². The highest BCUT2D eigenvalue weighted by Crippen LogP contribution is 2.25. The summed E-state index contributed by atoms with van der Waals surface area (Å²) >= 11 is 0. The van der Waals surface area contributed by atoms with Crippen molar-refractivity contribution < 1.29 is 9.59 Å². The van der Waals surface area contributed by atoms with Crippen molar-refractivity contribution >= 4 is 11.7 Å². The molecule has 1 aromatic rings. The first-order valence-electron chi connectivity index (χ1n) is 8.05. The molecule has 0 aliphatic rings. The number of rotatable bonds is 7. The van der Waals surface area contributed by atoms with Crippen LogP contribution in [0.2, 0.25) is 0 Å². The molecule has 0 heterocycles. The van der Waals surface area contributed by atoms with E-state index in [1.54, 1.807) is 0 Å². The molecule has 1 rings (SSSR count). The molecule has 0 fully saturated rings. The van der Waals surface area contributed by atoms with Crippen LogP contribution in [0.15, 0.2) is 24.3 Å². The fourth-order valence-electron chi connectivity index (χ4n) is 2.66. The summed E-state index contributed by atoms with van der Waals surface area (Å²) in [5, 5.41) is 2.99. The molecule has 22 heavy (non-hydrogen) atoms. The number of nitrogens with one attached hydrogen (secondary N) is 1. The number of Topliss-reactive ketones (excluding diaryl/α,β-unsaturated/α-hetero) is 1. The van der Waals surface area contributed by atoms with E-state index in [2.05, 4.69) is 19.2 Å². The maximum Gasteiger partial charge on any atom is 0.225 e. The van der Waals surface area contributed by atoms with Crippen molar-refractivity contribution in [3.05, 3.63) is 35.4 Å². The van der Waals surface area contributed by atoms with Gasteiger partial charge in [0.1, 0.15) is 0 Å². The van der Waals surface area contributed by atoms with Crippen molar-refractivity contribution in [2.24, 2.45) is 17.3 Å². The summed E-state index contributed by atoms with van der Waals surface area (Å²) in [5.41, 5.74) is 1.38. The van der Waals surface area contributed by atoms with Gasteiger partial charge in [-0.3, -0.25) is 9.59 Å². The largest absolute Gasteiger partial charge is 0.352 e. The van der Waals surface area contributed by atoms with Crippen LogP contribution in [0, 0.1) is 17.3 Å². The van der Waals surface area contributed by atoms with Gasteiger partial charge < -0.3 is 5.32 Å². The fourth-order valence-corrected chi connectivity index (χ4v) is 2.66. The van der Waals surface area contributed by atoms with E-state index >= 15 is 0 Å². The summed E-state index contributed by atoms with van der Waals surface area (Å²) in [7, 11) is 0. The Morgan fingerprint density at radius 1 is 1.05 bits per heavy atom. The first kappa shape index (κ1) is 18.4. The molecule has 0 radical (unpaired) electrons. The molecule has 3 nitrogen and oxygen atoms in total. The molecule has 0 aliphatic carbocycles. The van der Waals surface area contributed by atoms with Crippen molar-refractivity contribution in [1.29, 1.82) is 0 Å². The molecule has 3 heteroatoms. The SMILES string of the molecule is CC(C)CC(C)(C)C(=O)NCc1ccc(C(=O)C(C)C)cc1. The molecule has 0 aliphatic heterocycles. The monoisotopic (exact) mass is 303 g/mol. The maximum absolute atomic E-state index is 12.3.